The van der Waals surface area contributed by atoms with E-state index in [0.29, 0.717) is 42.4 Å². The number of methoxy groups -OCH3 is 1. The van der Waals surface area contributed by atoms with E-state index in [1.54, 1.807) is 32.2 Å². The Labute approximate surface area is 111 Å². The SMILES string of the molecule is COCCC(C)(O)CNc1nc2cc(N)ccc2o1. The molecule has 0 radical (unpaired) electrons. The zero-order valence-electron chi connectivity index (χ0n) is 11.1. The van der Waals surface area contributed by atoms with Gasteiger partial charge in [0.2, 0.25) is 0 Å². The summed E-state index contributed by atoms with van der Waals surface area (Å²) in [4.78, 5) is 4.26. The van der Waals surface area contributed by atoms with Crippen LogP contribution in [0.2, 0.25) is 0 Å². The van der Waals surface area contributed by atoms with Crippen LogP contribution in [0.4, 0.5) is 11.7 Å². The molecule has 1 aromatic carbocycles. The van der Waals surface area contributed by atoms with Crippen molar-refractivity contribution >= 4 is 22.8 Å². The van der Waals surface area contributed by atoms with Gasteiger partial charge in [-0.25, -0.2) is 0 Å². The maximum Gasteiger partial charge on any atom is 0.295 e. The number of hydrogen-bond acceptors (Lipinski definition) is 6. The number of anilines is 2. The molecule has 6 heteroatoms. The lowest BCUT2D eigenvalue weighted by atomic mass is 10.0. The van der Waals surface area contributed by atoms with E-state index in [9.17, 15) is 5.11 Å². The van der Waals surface area contributed by atoms with Crippen molar-refractivity contribution in [3.63, 3.8) is 0 Å². The molecule has 1 aromatic heterocycles. The molecule has 2 rings (SSSR count). The summed E-state index contributed by atoms with van der Waals surface area (Å²) < 4.78 is 10.5. The Morgan fingerprint density at radius 2 is 2.32 bits per heavy atom. The standard InChI is InChI=1S/C13H19N3O3/c1-13(17,5-6-18-2)8-15-12-16-10-7-9(14)3-4-11(10)19-12/h3-4,7,17H,5-6,8,14H2,1-2H3,(H,15,16). The number of hydrogen-bond donors (Lipinski definition) is 3. The molecule has 2 aromatic rings. The van der Waals surface area contributed by atoms with Crippen molar-refractivity contribution in [3.8, 4) is 0 Å². The highest BCUT2D eigenvalue weighted by atomic mass is 16.5. The van der Waals surface area contributed by atoms with Crippen LogP contribution in [0.3, 0.4) is 0 Å². The van der Waals surface area contributed by atoms with Crippen molar-refractivity contribution in [1.29, 1.82) is 0 Å². The topological polar surface area (TPSA) is 93.5 Å². The molecule has 0 saturated carbocycles. The van der Waals surface area contributed by atoms with Crippen LogP contribution in [-0.4, -0.2) is 36.0 Å². The maximum atomic E-state index is 10.1. The number of fused-ring (bicyclic) bond motifs is 1. The summed E-state index contributed by atoms with van der Waals surface area (Å²) in [6.07, 6.45) is 0.531. The van der Waals surface area contributed by atoms with Gasteiger partial charge in [0, 0.05) is 32.4 Å². The Morgan fingerprint density at radius 3 is 3.05 bits per heavy atom. The van der Waals surface area contributed by atoms with Crippen LogP contribution >= 0.6 is 0 Å². The molecule has 1 atom stereocenters. The highest BCUT2D eigenvalue weighted by molar-refractivity contribution is 5.78. The Morgan fingerprint density at radius 1 is 1.53 bits per heavy atom. The van der Waals surface area contributed by atoms with E-state index in [1.807, 2.05) is 0 Å². The Bertz CT molecular complexity index is 551. The number of nitrogen functional groups attached to an aromatic ring is 1. The quantitative estimate of drug-likeness (QED) is 0.687. The Hall–Kier alpha value is -1.79. The minimum absolute atomic E-state index is 0.332. The van der Waals surface area contributed by atoms with Crippen molar-refractivity contribution < 1.29 is 14.3 Å². The number of ether oxygens (including phenoxy) is 1. The number of benzene rings is 1. The molecule has 1 heterocycles. The zero-order valence-corrected chi connectivity index (χ0v) is 11.1. The fourth-order valence-corrected chi connectivity index (χ4v) is 1.70. The molecule has 6 nitrogen and oxygen atoms in total. The van der Waals surface area contributed by atoms with Crippen molar-refractivity contribution in [2.45, 2.75) is 18.9 Å². The van der Waals surface area contributed by atoms with Gasteiger partial charge >= 0.3 is 0 Å². The van der Waals surface area contributed by atoms with Crippen molar-refractivity contribution in [3.05, 3.63) is 18.2 Å². The lowest BCUT2D eigenvalue weighted by Gasteiger charge is -2.22. The summed E-state index contributed by atoms with van der Waals surface area (Å²) in [5.74, 6) is 0. The number of rotatable bonds is 6. The second-order valence-electron chi connectivity index (χ2n) is 4.84. The van der Waals surface area contributed by atoms with Gasteiger partial charge < -0.3 is 25.3 Å². The first-order valence-corrected chi connectivity index (χ1v) is 6.11. The molecule has 0 aliphatic rings. The van der Waals surface area contributed by atoms with Crippen LogP contribution in [0.15, 0.2) is 22.6 Å². The zero-order chi connectivity index (χ0) is 13.9. The van der Waals surface area contributed by atoms with Gasteiger partial charge in [-0.1, -0.05) is 0 Å². The second kappa shape index (κ2) is 5.46. The van der Waals surface area contributed by atoms with Crippen LogP contribution in [0.5, 0.6) is 0 Å². The summed E-state index contributed by atoms with van der Waals surface area (Å²) in [7, 11) is 1.61. The smallest absolute Gasteiger partial charge is 0.295 e. The molecular weight excluding hydrogens is 246 g/mol. The number of oxazole rings is 1. The third kappa shape index (κ3) is 3.59. The summed E-state index contributed by atoms with van der Waals surface area (Å²) >= 11 is 0. The van der Waals surface area contributed by atoms with Crippen LogP contribution in [0, 0.1) is 0 Å². The third-order valence-electron chi connectivity index (χ3n) is 2.88. The van der Waals surface area contributed by atoms with Crippen LogP contribution in [-0.2, 0) is 4.74 Å². The molecule has 0 saturated heterocycles. The molecule has 0 aliphatic carbocycles. The van der Waals surface area contributed by atoms with E-state index < -0.39 is 5.60 Å². The number of nitrogens with one attached hydrogen (secondary N) is 1. The first-order valence-electron chi connectivity index (χ1n) is 6.11. The first-order chi connectivity index (χ1) is 9.00. The van der Waals surface area contributed by atoms with Crippen molar-refractivity contribution in [2.24, 2.45) is 0 Å². The highest BCUT2D eigenvalue weighted by Gasteiger charge is 2.20. The van der Waals surface area contributed by atoms with Crippen molar-refractivity contribution in [1.82, 2.24) is 4.98 Å². The van der Waals surface area contributed by atoms with E-state index in [2.05, 4.69) is 10.3 Å². The number of nitrogens with two attached hydrogens (primary N) is 1. The summed E-state index contributed by atoms with van der Waals surface area (Å²) in [6.45, 7) is 2.57. The van der Waals surface area contributed by atoms with Gasteiger partial charge in [-0.15, -0.1) is 0 Å². The minimum atomic E-state index is -0.879. The highest BCUT2D eigenvalue weighted by Crippen LogP contribution is 2.21. The molecule has 0 fully saturated rings. The van der Waals surface area contributed by atoms with Crippen LogP contribution in [0.25, 0.3) is 11.1 Å². The van der Waals surface area contributed by atoms with Gasteiger partial charge in [0.15, 0.2) is 5.58 Å². The Balaban J connectivity index is 2.01. The molecule has 4 N–H and O–H groups in total. The minimum Gasteiger partial charge on any atom is -0.424 e. The average Bonchev–Trinajstić information content (AvgIpc) is 2.76. The molecule has 104 valence electrons. The third-order valence-corrected chi connectivity index (χ3v) is 2.88. The van der Waals surface area contributed by atoms with E-state index in [0.717, 1.165) is 0 Å². The average molecular weight is 265 g/mol. The van der Waals surface area contributed by atoms with Gasteiger partial charge in [-0.3, -0.25) is 0 Å². The summed E-state index contributed by atoms with van der Waals surface area (Å²) in [6, 6.07) is 5.64. The monoisotopic (exact) mass is 265 g/mol. The predicted octanol–water partition coefficient (Wildman–Crippen LogP) is 1.61. The van der Waals surface area contributed by atoms with E-state index in [4.69, 9.17) is 14.9 Å². The lowest BCUT2D eigenvalue weighted by molar-refractivity contribution is 0.0353. The molecule has 19 heavy (non-hydrogen) atoms. The number of aliphatic hydroxyl groups is 1. The van der Waals surface area contributed by atoms with Crippen LogP contribution in [0.1, 0.15) is 13.3 Å². The van der Waals surface area contributed by atoms with Gasteiger partial charge in [0.1, 0.15) is 5.52 Å². The number of aromatic nitrogens is 1. The van der Waals surface area contributed by atoms with E-state index >= 15 is 0 Å². The Kier molecular flexibility index (Phi) is 3.92. The second-order valence-corrected chi connectivity index (χ2v) is 4.84. The molecule has 1 unspecified atom stereocenters. The van der Waals surface area contributed by atoms with Crippen molar-refractivity contribution in [2.75, 3.05) is 31.3 Å². The molecular formula is C13H19N3O3. The van der Waals surface area contributed by atoms with Gasteiger partial charge in [0.05, 0.1) is 5.60 Å². The molecule has 0 bridgehead atoms. The van der Waals surface area contributed by atoms with E-state index in [1.165, 1.54) is 0 Å². The van der Waals surface area contributed by atoms with E-state index in [-0.39, 0.29) is 0 Å². The molecule has 0 amide bonds. The normalized spacial score (nSPS) is 14.5. The molecule has 0 aliphatic heterocycles. The summed E-state index contributed by atoms with van der Waals surface area (Å²) in [5, 5.41) is 13.1. The fourth-order valence-electron chi connectivity index (χ4n) is 1.70. The van der Waals surface area contributed by atoms with Crippen LogP contribution < -0.4 is 11.1 Å². The number of nitrogens with zero attached hydrogens (tertiary/aromatic N) is 1. The largest absolute Gasteiger partial charge is 0.424 e. The van der Waals surface area contributed by atoms with Gasteiger partial charge in [0.25, 0.3) is 6.01 Å². The lowest BCUT2D eigenvalue weighted by Crippen LogP contribution is -2.34. The van der Waals surface area contributed by atoms with Gasteiger partial charge in [-0.2, -0.15) is 4.98 Å². The fraction of sp³-hybridized carbons (Fsp3) is 0.462. The van der Waals surface area contributed by atoms with Gasteiger partial charge in [-0.05, 0) is 25.1 Å². The molecule has 0 spiro atoms. The first kappa shape index (κ1) is 13.6. The summed E-state index contributed by atoms with van der Waals surface area (Å²) in [5.41, 5.74) is 6.79. The maximum absolute atomic E-state index is 10.1. The predicted molar refractivity (Wildman–Crippen MR) is 74.0 cm³/mol.